The monoisotopic (exact) mass is 380 g/mol. The zero-order valence-corrected chi connectivity index (χ0v) is 14.3. The number of halogens is 4. The summed E-state index contributed by atoms with van der Waals surface area (Å²) in [4.78, 5) is 8.48. The summed E-state index contributed by atoms with van der Waals surface area (Å²) in [6.45, 7) is 0. The van der Waals surface area contributed by atoms with Crippen LogP contribution in [0.2, 0.25) is 0 Å². The van der Waals surface area contributed by atoms with Gasteiger partial charge in [0.25, 0.3) is 0 Å². The van der Waals surface area contributed by atoms with Crippen LogP contribution in [0.3, 0.4) is 0 Å². The fourth-order valence-corrected chi connectivity index (χ4v) is 2.92. The summed E-state index contributed by atoms with van der Waals surface area (Å²) in [5.74, 6) is -2.70. The first-order valence-electron chi connectivity index (χ1n) is 8.34. The molecule has 0 saturated heterocycles. The lowest BCUT2D eigenvalue weighted by molar-refractivity contribution is 0.585. The molecule has 2 aromatic carbocycles. The highest BCUT2D eigenvalue weighted by Gasteiger charge is 2.11. The summed E-state index contributed by atoms with van der Waals surface area (Å²) >= 11 is 0. The summed E-state index contributed by atoms with van der Waals surface area (Å²) in [5.41, 5.74) is 2.33. The molecule has 0 bridgehead atoms. The molecule has 0 radical (unpaired) electrons. The van der Waals surface area contributed by atoms with Crippen LogP contribution in [0.5, 0.6) is 0 Å². The Kier molecular flexibility index (Phi) is 4.61. The summed E-state index contributed by atoms with van der Waals surface area (Å²) in [6, 6.07) is 13.1. The van der Waals surface area contributed by atoms with E-state index in [0.717, 1.165) is 12.1 Å². The van der Waals surface area contributed by atoms with Gasteiger partial charge in [-0.05, 0) is 59.7 Å². The molecule has 138 valence electrons. The van der Waals surface area contributed by atoms with Crippen molar-refractivity contribution in [2.45, 2.75) is 0 Å². The van der Waals surface area contributed by atoms with Crippen LogP contribution in [0.1, 0.15) is 0 Å². The Morgan fingerprint density at radius 3 is 1.32 bits per heavy atom. The molecule has 0 fully saturated rings. The first-order valence-corrected chi connectivity index (χ1v) is 8.34. The van der Waals surface area contributed by atoms with Gasteiger partial charge >= 0.3 is 0 Å². The molecule has 0 atom stereocenters. The van der Waals surface area contributed by atoms with Gasteiger partial charge in [0.15, 0.2) is 0 Å². The summed E-state index contributed by atoms with van der Waals surface area (Å²) in [5, 5.41) is 0. The molecule has 28 heavy (non-hydrogen) atoms. The third-order valence-electron chi connectivity index (χ3n) is 4.27. The van der Waals surface area contributed by atoms with Gasteiger partial charge < -0.3 is 0 Å². The van der Waals surface area contributed by atoms with Crippen LogP contribution < -0.4 is 0 Å². The molecule has 0 unspecified atom stereocenters. The maximum atomic E-state index is 14.1. The Morgan fingerprint density at radius 1 is 0.500 bits per heavy atom. The van der Waals surface area contributed by atoms with E-state index in [1.54, 1.807) is 24.3 Å². The Bertz CT molecular complexity index is 1080. The van der Waals surface area contributed by atoms with Crippen molar-refractivity contribution in [2.75, 3.05) is 0 Å². The van der Waals surface area contributed by atoms with Gasteiger partial charge in [-0.3, -0.25) is 9.97 Å². The molecular formula is C22H12F4N2. The van der Waals surface area contributed by atoms with Gasteiger partial charge in [-0.2, -0.15) is 0 Å². The van der Waals surface area contributed by atoms with Crippen molar-refractivity contribution in [2.24, 2.45) is 0 Å². The fourth-order valence-electron chi connectivity index (χ4n) is 2.92. The largest absolute Gasteiger partial charge is 0.255 e. The molecule has 2 nitrogen and oxygen atoms in total. The molecule has 4 rings (SSSR count). The Hall–Kier alpha value is -3.54. The molecule has 2 heterocycles. The minimum atomic E-state index is -0.688. The van der Waals surface area contributed by atoms with Crippen molar-refractivity contribution in [1.29, 1.82) is 0 Å². The number of nitrogens with zero attached hydrogens (tertiary/aromatic N) is 2. The summed E-state index contributed by atoms with van der Waals surface area (Å²) in [7, 11) is 0. The zero-order valence-electron chi connectivity index (χ0n) is 14.3. The van der Waals surface area contributed by atoms with Crippen molar-refractivity contribution in [3.63, 3.8) is 0 Å². The average molecular weight is 380 g/mol. The number of hydrogen-bond acceptors (Lipinski definition) is 2. The maximum Gasteiger partial charge on any atom is 0.133 e. The first kappa shape index (κ1) is 17.9. The van der Waals surface area contributed by atoms with E-state index in [-0.39, 0.29) is 11.1 Å². The van der Waals surface area contributed by atoms with Crippen LogP contribution in [0, 0.1) is 23.3 Å². The van der Waals surface area contributed by atoms with Crippen molar-refractivity contribution in [3.8, 4) is 33.6 Å². The lowest BCUT2D eigenvalue weighted by Crippen LogP contribution is -1.92. The van der Waals surface area contributed by atoms with E-state index in [4.69, 9.17) is 0 Å². The minimum absolute atomic E-state index is 0.228. The highest BCUT2D eigenvalue weighted by Crippen LogP contribution is 2.29. The van der Waals surface area contributed by atoms with Crippen LogP contribution in [-0.4, -0.2) is 9.97 Å². The topological polar surface area (TPSA) is 25.8 Å². The quantitative estimate of drug-likeness (QED) is 0.405. The normalized spacial score (nSPS) is 10.9. The number of aromatic nitrogens is 2. The van der Waals surface area contributed by atoms with Gasteiger partial charge in [0.05, 0.1) is 11.4 Å². The minimum Gasteiger partial charge on any atom is -0.255 e. The van der Waals surface area contributed by atoms with Crippen LogP contribution in [-0.2, 0) is 0 Å². The average Bonchev–Trinajstić information content (AvgIpc) is 2.68. The molecule has 4 aromatic rings. The third-order valence-corrected chi connectivity index (χ3v) is 4.27. The van der Waals surface area contributed by atoms with Crippen molar-refractivity contribution < 1.29 is 17.6 Å². The molecule has 0 aliphatic rings. The van der Waals surface area contributed by atoms with Crippen molar-refractivity contribution in [3.05, 3.63) is 96.3 Å². The second-order valence-corrected chi connectivity index (χ2v) is 6.11. The van der Waals surface area contributed by atoms with E-state index >= 15 is 0 Å². The SMILES string of the molecule is Fc1ccc(-c2ccnc(-c3cc(-c4ccc(F)cc4F)ccn3)c2)c(F)c1. The van der Waals surface area contributed by atoms with Gasteiger partial charge in [-0.25, -0.2) is 17.6 Å². The van der Waals surface area contributed by atoms with E-state index in [1.807, 2.05) is 0 Å². The predicted molar refractivity (Wildman–Crippen MR) is 98.2 cm³/mol. The van der Waals surface area contributed by atoms with Gasteiger partial charge in [0.2, 0.25) is 0 Å². The van der Waals surface area contributed by atoms with Gasteiger partial charge in [-0.15, -0.1) is 0 Å². The van der Waals surface area contributed by atoms with E-state index in [9.17, 15) is 17.6 Å². The standard InChI is InChI=1S/C22H12F4N2/c23-15-1-3-17(19(25)11-15)13-5-7-27-21(9-13)22-10-14(6-8-28-22)18-4-2-16(24)12-20(18)26/h1-12H. The molecule has 0 spiro atoms. The van der Waals surface area contributed by atoms with E-state index in [2.05, 4.69) is 9.97 Å². The van der Waals surface area contributed by atoms with Crippen molar-refractivity contribution >= 4 is 0 Å². The van der Waals surface area contributed by atoms with Gasteiger partial charge in [-0.1, -0.05) is 0 Å². The second kappa shape index (κ2) is 7.23. The molecule has 0 N–H and O–H groups in total. The molecular weight excluding hydrogens is 368 g/mol. The smallest absolute Gasteiger partial charge is 0.133 e. The van der Waals surface area contributed by atoms with E-state index < -0.39 is 23.3 Å². The molecule has 0 aliphatic heterocycles. The first-order chi connectivity index (χ1) is 13.5. The van der Waals surface area contributed by atoms with Crippen LogP contribution in [0.4, 0.5) is 17.6 Å². The highest BCUT2D eigenvalue weighted by atomic mass is 19.1. The van der Waals surface area contributed by atoms with Gasteiger partial charge in [0.1, 0.15) is 23.3 Å². The Balaban J connectivity index is 1.76. The van der Waals surface area contributed by atoms with Crippen molar-refractivity contribution in [1.82, 2.24) is 9.97 Å². The zero-order chi connectivity index (χ0) is 19.7. The second-order valence-electron chi connectivity index (χ2n) is 6.11. The molecule has 6 heteroatoms. The Morgan fingerprint density at radius 2 is 0.929 bits per heavy atom. The Labute approximate surface area is 158 Å². The van der Waals surface area contributed by atoms with Crippen LogP contribution in [0.25, 0.3) is 33.6 Å². The molecule has 0 amide bonds. The van der Waals surface area contributed by atoms with E-state index in [0.29, 0.717) is 22.5 Å². The maximum absolute atomic E-state index is 14.1. The summed E-state index contributed by atoms with van der Waals surface area (Å²) in [6.07, 6.45) is 2.97. The fraction of sp³-hybridized carbons (Fsp3) is 0. The van der Waals surface area contributed by atoms with E-state index in [1.165, 1.54) is 36.7 Å². The molecule has 2 aromatic heterocycles. The van der Waals surface area contributed by atoms with Crippen LogP contribution in [0.15, 0.2) is 73.1 Å². The number of benzene rings is 2. The number of hydrogen-bond donors (Lipinski definition) is 0. The lowest BCUT2D eigenvalue weighted by atomic mass is 10.0. The highest BCUT2D eigenvalue weighted by molar-refractivity contribution is 5.73. The molecule has 0 aliphatic carbocycles. The third kappa shape index (κ3) is 3.49. The van der Waals surface area contributed by atoms with Crippen LogP contribution >= 0.6 is 0 Å². The van der Waals surface area contributed by atoms with Gasteiger partial charge in [0, 0.05) is 35.7 Å². The number of rotatable bonds is 3. The summed E-state index contributed by atoms with van der Waals surface area (Å²) < 4.78 is 54.5. The molecule has 0 saturated carbocycles. The predicted octanol–water partition coefficient (Wildman–Crippen LogP) is 6.03. The number of pyridine rings is 2. The lowest BCUT2D eigenvalue weighted by Gasteiger charge is -2.08.